The Kier molecular flexibility index (Phi) is 4.42. The molecule has 0 bridgehead atoms. The summed E-state index contributed by atoms with van der Waals surface area (Å²) in [5, 5.41) is 8.91. The summed E-state index contributed by atoms with van der Waals surface area (Å²) in [6, 6.07) is 2.40. The summed E-state index contributed by atoms with van der Waals surface area (Å²) in [6.45, 7) is 2.56. The largest absolute Gasteiger partial charge is 0.467 e. The Labute approximate surface area is 135 Å². The molecule has 0 spiro atoms. The van der Waals surface area contributed by atoms with E-state index in [9.17, 15) is 22.8 Å². The molecule has 0 N–H and O–H groups in total. The van der Waals surface area contributed by atoms with Crippen molar-refractivity contribution in [2.45, 2.75) is 32.2 Å². The van der Waals surface area contributed by atoms with E-state index in [2.05, 4.69) is 4.74 Å². The summed E-state index contributed by atoms with van der Waals surface area (Å²) < 4.78 is 49.4. The van der Waals surface area contributed by atoms with Crippen molar-refractivity contribution in [3.63, 3.8) is 0 Å². The number of methoxy groups -OCH3 is 1. The molecule has 128 valence electrons. The zero-order valence-electron chi connectivity index (χ0n) is 13.0. The van der Waals surface area contributed by atoms with Gasteiger partial charge in [0.1, 0.15) is 6.10 Å². The van der Waals surface area contributed by atoms with Crippen LogP contribution in [0.3, 0.4) is 0 Å². The van der Waals surface area contributed by atoms with Crippen molar-refractivity contribution in [2.24, 2.45) is 0 Å². The van der Waals surface area contributed by atoms with Crippen molar-refractivity contribution < 1.29 is 32.2 Å². The Morgan fingerprint density at radius 3 is 2.54 bits per heavy atom. The maximum atomic E-state index is 13.3. The van der Waals surface area contributed by atoms with E-state index in [-0.39, 0.29) is 11.3 Å². The number of rotatable bonds is 2. The number of benzene rings is 1. The van der Waals surface area contributed by atoms with Gasteiger partial charge in [-0.3, -0.25) is 4.90 Å². The molecule has 9 heteroatoms. The van der Waals surface area contributed by atoms with Crippen LogP contribution in [0.4, 0.5) is 23.7 Å². The number of carbonyl (C=O) groups excluding carboxylic acids is 2. The van der Waals surface area contributed by atoms with Gasteiger partial charge in [0.05, 0.1) is 30.0 Å². The molecule has 24 heavy (non-hydrogen) atoms. The predicted octanol–water partition coefficient (Wildman–Crippen LogP) is 2.77. The molecule has 0 unspecified atom stereocenters. The van der Waals surface area contributed by atoms with Crippen LogP contribution in [-0.4, -0.2) is 31.3 Å². The van der Waals surface area contributed by atoms with E-state index >= 15 is 0 Å². The smallest absolute Gasteiger partial charge is 0.418 e. The van der Waals surface area contributed by atoms with Gasteiger partial charge in [0.2, 0.25) is 0 Å². The van der Waals surface area contributed by atoms with Gasteiger partial charge < -0.3 is 9.47 Å². The first-order valence-electron chi connectivity index (χ1n) is 6.82. The lowest BCUT2D eigenvalue weighted by atomic mass is 9.98. The number of ether oxygens (including phenoxy) is 2. The molecule has 1 fully saturated rings. The van der Waals surface area contributed by atoms with Crippen molar-refractivity contribution in [3.05, 3.63) is 28.8 Å². The number of anilines is 1. The van der Waals surface area contributed by atoms with Gasteiger partial charge in [-0.1, -0.05) is 0 Å². The number of nitriles is 1. The van der Waals surface area contributed by atoms with Crippen LogP contribution in [0.15, 0.2) is 12.1 Å². The summed E-state index contributed by atoms with van der Waals surface area (Å²) in [5.74, 6) is -0.814. The molecule has 1 aliphatic rings. The minimum Gasteiger partial charge on any atom is -0.467 e. The minimum atomic E-state index is -4.79. The van der Waals surface area contributed by atoms with Crippen LogP contribution in [0.1, 0.15) is 23.6 Å². The number of carbonyl (C=O) groups is 2. The molecule has 1 aromatic carbocycles. The quantitative estimate of drug-likeness (QED) is 0.772. The first-order valence-corrected chi connectivity index (χ1v) is 6.82. The number of hydrogen-bond acceptors (Lipinski definition) is 5. The highest BCUT2D eigenvalue weighted by Gasteiger charge is 2.47. The molecule has 2 atom stereocenters. The van der Waals surface area contributed by atoms with Crippen LogP contribution >= 0.6 is 0 Å². The van der Waals surface area contributed by atoms with Crippen LogP contribution < -0.4 is 4.90 Å². The highest BCUT2D eigenvalue weighted by Crippen LogP contribution is 2.40. The summed E-state index contributed by atoms with van der Waals surface area (Å²) in [4.78, 5) is 24.8. The molecule has 0 aliphatic carbocycles. The van der Waals surface area contributed by atoms with Crippen molar-refractivity contribution in [1.82, 2.24) is 0 Å². The average molecular weight is 342 g/mol. The molecular weight excluding hydrogens is 329 g/mol. The molecule has 6 nitrogen and oxygen atoms in total. The minimum absolute atomic E-state index is 0.161. The van der Waals surface area contributed by atoms with Gasteiger partial charge in [-0.15, -0.1) is 0 Å². The van der Waals surface area contributed by atoms with Crippen molar-refractivity contribution in [3.8, 4) is 6.07 Å². The summed E-state index contributed by atoms with van der Waals surface area (Å²) in [6.07, 6.45) is -6.64. The molecule has 1 aromatic rings. The molecule has 0 aromatic heterocycles. The Bertz CT molecular complexity index is 739. The van der Waals surface area contributed by atoms with Crippen molar-refractivity contribution in [2.75, 3.05) is 12.0 Å². The van der Waals surface area contributed by atoms with E-state index in [1.54, 1.807) is 0 Å². The van der Waals surface area contributed by atoms with Gasteiger partial charge in [0.25, 0.3) is 0 Å². The molecule has 1 saturated heterocycles. The van der Waals surface area contributed by atoms with E-state index in [0.717, 1.165) is 25.0 Å². The lowest BCUT2D eigenvalue weighted by molar-refractivity contribution is -0.143. The summed E-state index contributed by atoms with van der Waals surface area (Å²) in [5.41, 5.74) is -2.23. The monoisotopic (exact) mass is 342 g/mol. The van der Waals surface area contributed by atoms with E-state index in [1.165, 1.54) is 19.1 Å². The Balaban J connectivity index is 2.66. The number of hydrogen-bond donors (Lipinski definition) is 0. The topological polar surface area (TPSA) is 79.6 Å². The lowest BCUT2D eigenvalue weighted by Gasteiger charge is -2.24. The molecule has 1 heterocycles. The van der Waals surface area contributed by atoms with Gasteiger partial charge in [0.15, 0.2) is 6.04 Å². The second kappa shape index (κ2) is 6.03. The van der Waals surface area contributed by atoms with Crippen LogP contribution in [0.2, 0.25) is 0 Å². The molecule has 1 amide bonds. The molecule has 2 rings (SSSR count). The van der Waals surface area contributed by atoms with Gasteiger partial charge in [-0.05, 0) is 31.5 Å². The number of alkyl halides is 3. The van der Waals surface area contributed by atoms with Crippen LogP contribution in [0.25, 0.3) is 0 Å². The molecule has 0 saturated carbocycles. The fourth-order valence-corrected chi connectivity index (χ4v) is 2.69. The highest BCUT2D eigenvalue weighted by atomic mass is 19.4. The number of nitrogens with zero attached hydrogens (tertiary/aromatic N) is 2. The Morgan fingerprint density at radius 1 is 1.42 bits per heavy atom. The third-order valence-corrected chi connectivity index (χ3v) is 3.75. The van der Waals surface area contributed by atoms with Crippen LogP contribution in [0.5, 0.6) is 0 Å². The third kappa shape index (κ3) is 2.75. The highest BCUT2D eigenvalue weighted by molar-refractivity contribution is 5.99. The van der Waals surface area contributed by atoms with E-state index in [4.69, 9.17) is 10.00 Å². The van der Waals surface area contributed by atoms with Gasteiger partial charge in [0, 0.05) is 0 Å². The predicted molar refractivity (Wildman–Crippen MR) is 75.1 cm³/mol. The standard InChI is InChI=1S/C15H13F3N2O4/c1-7-10(5-4-9(6-19)11(7)15(16,17)18)20-12(13(21)23-3)8(2)24-14(20)22/h4-5,8,12H,1-3H3/t8-,12+/m0/s1. The van der Waals surface area contributed by atoms with Crippen molar-refractivity contribution >= 4 is 17.7 Å². The second-order valence-electron chi connectivity index (χ2n) is 5.17. The van der Waals surface area contributed by atoms with E-state index in [0.29, 0.717) is 0 Å². The lowest BCUT2D eigenvalue weighted by Crippen LogP contribution is -2.43. The zero-order chi connectivity index (χ0) is 18.2. The first-order chi connectivity index (χ1) is 11.1. The maximum Gasteiger partial charge on any atom is 0.418 e. The normalized spacial score (nSPS) is 20.5. The molecule has 0 radical (unpaired) electrons. The Hall–Kier alpha value is -2.76. The second-order valence-corrected chi connectivity index (χ2v) is 5.17. The number of cyclic esters (lactones) is 1. The Morgan fingerprint density at radius 2 is 2.04 bits per heavy atom. The van der Waals surface area contributed by atoms with Gasteiger partial charge in [-0.25, -0.2) is 9.59 Å². The molecular formula is C15H13F3N2O4. The third-order valence-electron chi connectivity index (χ3n) is 3.75. The number of esters is 1. The average Bonchev–Trinajstić information content (AvgIpc) is 2.79. The summed E-state index contributed by atoms with van der Waals surface area (Å²) >= 11 is 0. The van der Waals surface area contributed by atoms with Crippen LogP contribution in [0, 0.1) is 18.3 Å². The van der Waals surface area contributed by atoms with Gasteiger partial charge >= 0.3 is 18.2 Å². The number of halogens is 3. The SMILES string of the molecule is COC(=O)[C@H]1[C@H](C)OC(=O)N1c1ccc(C#N)c(C(F)(F)F)c1C. The van der Waals surface area contributed by atoms with Gasteiger partial charge in [-0.2, -0.15) is 18.4 Å². The first kappa shape index (κ1) is 17.6. The zero-order valence-corrected chi connectivity index (χ0v) is 13.0. The van der Waals surface area contributed by atoms with E-state index in [1.807, 2.05) is 0 Å². The summed E-state index contributed by atoms with van der Waals surface area (Å²) in [7, 11) is 1.10. The molecule has 1 aliphatic heterocycles. The fraction of sp³-hybridized carbons (Fsp3) is 0.400. The van der Waals surface area contributed by atoms with E-state index < -0.39 is 41.5 Å². The fourth-order valence-electron chi connectivity index (χ4n) is 2.69. The van der Waals surface area contributed by atoms with Crippen molar-refractivity contribution in [1.29, 1.82) is 5.26 Å². The maximum absolute atomic E-state index is 13.3. The number of amides is 1. The van der Waals surface area contributed by atoms with Crippen LogP contribution in [-0.2, 0) is 20.4 Å².